The molecule has 0 aliphatic rings. The predicted molar refractivity (Wildman–Crippen MR) is 88.8 cm³/mol. The van der Waals surface area contributed by atoms with Crippen molar-refractivity contribution in [3.63, 3.8) is 0 Å². The Balaban J connectivity index is 2.00. The average molecular weight is 362 g/mol. The van der Waals surface area contributed by atoms with Crippen LogP contribution in [-0.4, -0.2) is 10.9 Å². The van der Waals surface area contributed by atoms with Gasteiger partial charge in [0.05, 0.1) is 26.3 Å². The molecule has 0 saturated carbocycles. The second-order valence-electron chi connectivity index (χ2n) is 4.43. The third kappa shape index (κ3) is 2.77. The molecule has 0 bridgehead atoms. The van der Waals surface area contributed by atoms with Crippen LogP contribution in [0.2, 0.25) is 5.02 Å². The molecule has 3 rings (SSSR count). The van der Waals surface area contributed by atoms with Crippen LogP contribution in [0.5, 0.6) is 0 Å². The van der Waals surface area contributed by atoms with E-state index in [1.807, 2.05) is 24.3 Å². The van der Waals surface area contributed by atoms with E-state index in [-0.39, 0.29) is 5.91 Å². The number of nitrogens with one attached hydrogen (secondary N) is 1. The van der Waals surface area contributed by atoms with Crippen molar-refractivity contribution < 1.29 is 4.79 Å². The molecule has 1 heterocycles. The molecule has 0 radical (unpaired) electrons. The number of hydrogen-bond donors (Lipinski definition) is 1. The molecule has 2 aromatic carbocycles. The summed E-state index contributed by atoms with van der Waals surface area (Å²) in [6, 6.07) is 14.6. The molecular weight excluding hydrogens is 352 g/mol. The third-order valence-electron chi connectivity index (χ3n) is 3.09. The molecule has 1 N–H and O–H groups in total. The maximum absolute atomic E-state index is 12.5. The lowest BCUT2D eigenvalue weighted by Gasteiger charge is -2.10. The maximum Gasteiger partial charge on any atom is 0.256 e. The van der Waals surface area contributed by atoms with Gasteiger partial charge in [-0.1, -0.05) is 35.9 Å². The molecule has 1 amide bonds. The fraction of sp³-hybridized carbons (Fsp3) is 0. The number of benzene rings is 2. The lowest BCUT2D eigenvalue weighted by atomic mass is 10.1. The fourth-order valence-electron chi connectivity index (χ4n) is 2.08. The molecule has 0 atom stereocenters. The molecule has 1 aromatic heterocycles. The van der Waals surface area contributed by atoms with E-state index >= 15 is 0 Å². The van der Waals surface area contributed by atoms with Crippen LogP contribution in [0.1, 0.15) is 10.4 Å². The Hall–Kier alpha value is -1.91. The van der Waals surface area contributed by atoms with E-state index in [2.05, 4.69) is 26.2 Å². The lowest BCUT2D eigenvalue weighted by Crippen LogP contribution is -2.13. The molecule has 104 valence electrons. The largest absolute Gasteiger partial charge is 0.321 e. The van der Waals surface area contributed by atoms with Crippen molar-refractivity contribution >= 4 is 50.0 Å². The number of para-hydroxylation sites is 1. The monoisotopic (exact) mass is 360 g/mol. The van der Waals surface area contributed by atoms with E-state index in [4.69, 9.17) is 11.6 Å². The van der Waals surface area contributed by atoms with Gasteiger partial charge in [-0.2, -0.15) is 0 Å². The van der Waals surface area contributed by atoms with Crippen LogP contribution in [0.25, 0.3) is 10.9 Å². The van der Waals surface area contributed by atoms with Gasteiger partial charge in [0.1, 0.15) is 0 Å². The Labute approximate surface area is 135 Å². The minimum atomic E-state index is -0.198. The quantitative estimate of drug-likeness (QED) is 0.705. The number of nitrogens with zero attached hydrogens (tertiary/aromatic N) is 1. The molecule has 21 heavy (non-hydrogen) atoms. The van der Waals surface area contributed by atoms with Crippen molar-refractivity contribution in [3.05, 3.63) is 69.8 Å². The van der Waals surface area contributed by atoms with E-state index in [9.17, 15) is 4.79 Å². The summed E-state index contributed by atoms with van der Waals surface area (Å²) in [6.07, 6.45) is 1.63. The van der Waals surface area contributed by atoms with Gasteiger partial charge in [0, 0.05) is 11.6 Å². The van der Waals surface area contributed by atoms with E-state index in [1.54, 1.807) is 30.5 Å². The smallest absolute Gasteiger partial charge is 0.256 e. The number of carbonyl (C=O) groups excluding carboxylic acids is 1. The number of halogens is 2. The number of hydrogen-bond acceptors (Lipinski definition) is 2. The third-order valence-corrected chi connectivity index (χ3v) is 4.49. The van der Waals surface area contributed by atoms with E-state index in [1.165, 1.54) is 0 Å². The summed E-state index contributed by atoms with van der Waals surface area (Å²) in [6.45, 7) is 0. The zero-order valence-electron chi connectivity index (χ0n) is 10.8. The second-order valence-corrected chi connectivity index (χ2v) is 5.63. The molecule has 3 nitrogen and oxygen atoms in total. The Morgan fingerprint density at radius 1 is 1.10 bits per heavy atom. The summed E-state index contributed by atoms with van der Waals surface area (Å²) in [7, 11) is 0. The first-order chi connectivity index (χ1) is 10.2. The minimum absolute atomic E-state index is 0.198. The number of aromatic nitrogens is 1. The zero-order valence-corrected chi connectivity index (χ0v) is 13.1. The highest BCUT2D eigenvalue weighted by molar-refractivity contribution is 9.10. The Morgan fingerprint density at radius 3 is 2.76 bits per heavy atom. The standard InChI is InChI=1S/C16H10BrClN2O/c17-15-12(18)5-3-7-14(15)20-16(21)11-8-9-19-13-6-2-1-4-10(11)13/h1-9H,(H,20,21). The molecule has 0 fully saturated rings. The van der Waals surface area contributed by atoms with Crippen molar-refractivity contribution in [2.45, 2.75) is 0 Å². The first-order valence-electron chi connectivity index (χ1n) is 6.26. The van der Waals surface area contributed by atoms with E-state index in [0.717, 1.165) is 10.9 Å². The van der Waals surface area contributed by atoms with Crippen LogP contribution >= 0.6 is 27.5 Å². The Bertz CT molecular complexity index is 830. The van der Waals surface area contributed by atoms with Gasteiger partial charge in [0.2, 0.25) is 0 Å². The van der Waals surface area contributed by atoms with Gasteiger partial charge >= 0.3 is 0 Å². The number of carbonyl (C=O) groups is 1. The number of amides is 1. The van der Waals surface area contributed by atoms with Gasteiger partial charge in [-0.15, -0.1) is 0 Å². The Kier molecular flexibility index (Phi) is 3.90. The molecule has 0 unspecified atom stereocenters. The van der Waals surface area contributed by atoms with Gasteiger partial charge in [-0.25, -0.2) is 0 Å². The van der Waals surface area contributed by atoms with Crippen molar-refractivity contribution in [1.82, 2.24) is 4.98 Å². The molecule has 0 spiro atoms. The summed E-state index contributed by atoms with van der Waals surface area (Å²) in [5, 5.41) is 4.23. The summed E-state index contributed by atoms with van der Waals surface area (Å²) >= 11 is 9.40. The molecule has 5 heteroatoms. The molecule has 0 aliphatic carbocycles. The number of fused-ring (bicyclic) bond motifs is 1. The summed E-state index contributed by atoms with van der Waals surface area (Å²) in [4.78, 5) is 16.7. The topological polar surface area (TPSA) is 42.0 Å². The van der Waals surface area contributed by atoms with Gasteiger partial charge in [0.15, 0.2) is 0 Å². The van der Waals surface area contributed by atoms with Crippen LogP contribution in [0, 0.1) is 0 Å². The van der Waals surface area contributed by atoms with Crippen molar-refractivity contribution in [2.24, 2.45) is 0 Å². The predicted octanol–water partition coefficient (Wildman–Crippen LogP) is 4.90. The van der Waals surface area contributed by atoms with Crippen LogP contribution < -0.4 is 5.32 Å². The maximum atomic E-state index is 12.5. The van der Waals surface area contributed by atoms with Crippen molar-refractivity contribution in [3.8, 4) is 0 Å². The summed E-state index contributed by atoms with van der Waals surface area (Å²) in [5.74, 6) is -0.198. The highest BCUT2D eigenvalue weighted by Gasteiger charge is 2.12. The van der Waals surface area contributed by atoms with Crippen molar-refractivity contribution in [1.29, 1.82) is 0 Å². The highest BCUT2D eigenvalue weighted by atomic mass is 79.9. The zero-order chi connectivity index (χ0) is 14.8. The van der Waals surface area contributed by atoms with Gasteiger partial charge < -0.3 is 5.32 Å². The highest BCUT2D eigenvalue weighted by Crippen LogP contribution is 2.30. The minimum Gasteiger partial charge on any atom is -0.321 e. The number of anilines is 1. The van der Waals surface area contributed by atoms with Crippen LogP contribution in [0.3, 0.4) is 0 Å². The van der Waals surface area contributed by atoms with Crippen LogP contribution in [0.15, 0.2) is 59.2 Å². The van der Waals surface area contributed by atoms with E-state index < -0.39 is 0 Å². The number of rotatable bonds is 2. The molecular formula is C16H10BrClN2O. The molecule has 0 saturated heterocycles. The SMILES string of the molecule is O=C(Nc1cccc(Cl)c1Br)c1ccnc2ccccc12. The number of pyridine rings is 1. The Morgan fingerprint density at radius 2 is 1.90 bits per heavy atom. The van der Waals surface area contributed by atoms with Crippen LogP contribution in [-0.2, 0) is 0 Å². The first kappa shape index (κ1) is 14.0. The summed E-state index contributed by atoms with van der Waals surface area (Å²) in [5.41, 5.74) is 2.00. The second kappa shape index (κ2) is 5.84. The summed E-state index contributed by atoms with van der Waals surface area (Å²) < 4.78 is 0.665. The average Bonchev–Trinajstić information content (AvgIpc) is 2.51. The normalized spacial score (nSPS) is 10.6. The van der Waals surface area contributed by atoms with Gasteiger partial charge in [0.25, 0.3) is 5.91 Å². The molecule has 3 aromatic rings. The molecule has 0 aliphatic heterocycles. The lowest BCUT2D eigenvalue weighted by molar-refractivity contribution is 0.102. The van der Waals surface area contributed by atoms with Gasteiger partial charge in [-0.3, -0.25) is 9.78 Å². The van der Waals surface area contributed by atoms with Crippen molar-refractivity contribution in [2.75, 3.05) is 5.32 Å². The van der Waals surface area contributed by atoms with Gasteiger partial charge in [-0.05, 0) is 40.2 Å². The fourth-order valence-corrected chi connectivity index (χ4v) is 2.62. The van der Waals surface area contributed by atoms with Crippen LogP contribution in [0.4, 0.5) is 5.69 Å². The van der Waals surface area contributed by atoms with E-state index in [0.29, 0.717) is 20.7 Å². The first-order valence-corrected chi connectivity index (χ1v) is 7.43.